The minimum atomic E-state index is -0.327. The topological polar surface area (TPSA) is 21.3 Å². The van der Waals surface area contributed by atoms with E-state index >= 15 is 0 Å². The van der Waals surface area contributed by atoms with Crippen molar-refractivity contribution in [2.75, 3.05) is 13.7 Å². The second kappa shape index (κ2) is 7.23. The molecule has 2 aromatic carbocycles. The summed E-state index contributed by atoms with van der Waals surface area (Å²) in [5.41, 5.74) is 3.29. The van der Waals surface area contributed by atoms with Crippen molar-refractivity contribution in [3.63, 3.8) is 0 Å². The maximum absolute atomic E-state index is 14.0. The molecule has 0 amide bonds. The summed E-state index contributed by atoms with van der Waals surface area (Å²) in [6.07, 6.45) is 1.03. The van der Waals surface area contributed by atoms with Crippen LogP contribution in [0.1, 0.15) is 36.1 Å². The molecule has 1 atom stereocenters. The van der Waals surface area contributed by atoms with Crippen LogP contribution < -0.4 is 10.1 Å². The quantitative estimate of drug-likeness (QED) is 0.858. The molecular weight excluding hydrogens is 265 g/mol. The average Bonchev–Trinajstić information content (AvgIpc) is 2.49. The van der Waals surface area contributed by atoms with Crippen LogP contribution in [0.4, 0.5) is 4.39 Å². The predicted octanol–water partition coefficient (Wildman–Crippen LogP) is 4.23. The van der Waals surface area contributed by atoms with Gasteiger partial charge >= 0.3 is 0 Å². The first-order valence-electron chi connectivity index (χ1n) is 7.29. The van der Waals surface area contributed by atoms with Crippen molar-refractivity contribution in [3.8, 4) is 5.75 Å². The molecule has 3 heteroatoms. The summed E-state index contributed by atoms with van der Waals surface area (Å²) < 4.78 is 19.0. The lowest BCUT2D eigenvalue weighted by molar-refractivity contribution is 0.385. The zero-order valence-corrected chi connectivity index (χ0v) is 12.8. The number of benzene rings is 2. The van der Waals surface area contributed by atoms with E-state index in [1.165, 1.54) is 18.2 Å². The van der Waals surface area contributed by atoms with Gasteiger partial charge in [0.25, 0.3) is 0 Å². The van der Waals surface area contributed by atoms with E-state index in [1.807, 2.05) is 18.2 Å². The molecule has 112 valence electrons. The lowest BCUT2D eigenvalue weighted by Crippen LogP contribution is -2.24. The van der Waals surface area contributed by atoms with Crippen LogP contribution in [0.3, 0.4) is 0 Å². The summed E-state index contributed by atoms with van der Waals surface area (Å²) in [6.45, 7) is 5.08. The molecule has 0 heterocycles. The van der Waals surface area contributed by atoms with Crippen LogP contribution in [0.25, 0.3) is 0 Å². The van der Waals surface area contributed by atoms with Gasteiger partial charge < -0.3 is 10.1 Å². The normalized spacial score (nSPS) is 12.2. The van der Waals surface area contributed by atoms with E-state index in [-0.39, 0.29) is 17.6 Å². The van der Waals surface area contributed by atoms with Gasteiger partial charge in [0.2, 0.25) is 0 Å². The minimum absolute atomic E-state index is 0.00782. The third-order valence-electron chi connectivity index (χ3n) is 3.61. The number of nitrogens with one attached hydrogen (secondary N) is 1. The molecule has 0 saturated carbocycles. The lowest BCUT2D eigenvalue weighted by Gasteiger charge is -2.22. The molecule has 0 aliphatic rings. The smallest absolute Gasteiger partial charge is 0.165 e. The fourth-order valence-corrected chi connectivity index (χ4v) is 2.47. The van der Waals surface area contributed by atoms with Gasteiger partial charge in [0.15, 0.2) is 11.6 Å². The number of rotatable bonds is 6. The van der Waals surface area contributed by atoms with Crippen molar-refractivity contribution in [1.82, 2.24) is 5.32 Å². The minimum Gasteiger partial charge on any atom is -0.494 e. The summed E-state index contributed by atoms with van der Waals surface area (Å²) in [7, 11) is 1.48. The van der Waals surface area contributed by atoms with Crippen molar-refractivity contribution < 1.29 is 9.13 Å². The van der Waals surface area contributed by atoms with E-state index in [1.54, 1.807) is 12.1 Å². The molecule has 2 nitrogen and oxygen atoms in total. The summed E-state index contributed by atoms with van der Waals surface area (Å²) in [6, 6.07) is 13.4. The number of aryl methyl sites for hydroxylation is 1. The Labute approximate surface area is 126 Å². The van der Waals surface area contributed by atoms with Crippen molar-refractivity contribution in [2.45, 2.75) is 26.3 Å². The number of methoxy groups -OCH3 is 1. The second-order valence-electron chi connectivity index (χ2n) is 5.14. The Morgan fingerprint density at radius 3 is 2.57 bits per heavy atom. The maximum Gasteiger partial charge on any atom is 0.165 e. The summed E-state index contributed by atoms with van der Waals surface area (Å²) in [5, 5.41) is 3.50. The Bertz CT molecular complexity index is 598. The zero-order valence-electron chi connectivity index (χ0n) is 12.8. The van der Waals surface area contributed by atoms with Crippen LogP contribution in [0.2, 0.25) is 0 Å². The zero-order chi connectivity index (χ0) is 15.2. The van der Waals surface area contributed by atoms with Gasteiger partial charge in [-0.1, -0.05) is 37.3 Å². The van der Waals surface area contributed by atoms with Gasteiger partial charge in [-0.25, -0.2) is 4.39 Å². The first-order chi connectivity index (χ1) is 10.2. The first-order valence-corrected chi connectivity index (χ1v) is 7.29. The maximum atomic E-state index is 14.0. The molecule has 0 saturated heterocycles. The van der Waals surface area contributed by atoms with E-state index in [0.29, 0.717) is 0 Å². The van der Waals surface area contributed by atoms with Crippen LogP contribution in [-0.2, 0) is 0 Å². The fourth-order valence-electron chi connectivity index (χ4n) is 2.47. The molecule has 1 unspecified atom stereocenters. The number of hydrogen-bond acceptors (Lipinski definition) is 2. The van der Waals surface area contributed by atoms with Gasteiger partial charge in [-0.3, -0.25) is 0 Å². The molecule has 0 radical (unpaired) electrons. The second-order valence-corrected chi connectivity index (χ2v) is 5.14. The van der Waals surface area contributed by atoms with Crippen molar-refractivity contribution in [1.29, 1.82) is 0 Å². The molecule has 21 heavy (non-hydrogen) atoms. The molecule has 0 aliphatic carbocycles. The number of ether oxygens (including phenoxy) is 1. The Morgan fingerprint density at radius 1 is 1.19 bits per heavy atom. The molecular formula is C18H22FNO. The van der Waals surface area contributed by atoms with Crippen LogP contribution in [-0.4, -0.2) is 13.7 Å². The molecule has 2 aromatic rings. The van der Waals surface area contributed by atoms with Crippen molar-refractivity contribution in [2.24, 2.45) is 0 Å². The molecule has 0 aliphatic heterocycles. The molecule has 0 spiro atoms. The van der Waals surface area contributed by atoms with Crippen LogP contribution in [0.15, 0.2) is 42.5 Å². The third-order valence-corrected chi connectivity index (χ3v) is 3.61. The number of halogens is 1. The van der Waals surface area contributed by atoms with Gasteiger partial charge in [-0.05, 0) is 48.7 Å². The highest BCUT2D eigenvalue weighted by atomic mass is 19.1. The van der Waals surface area contributed by atoms with Crippen molar-refractivity contribution in [3.05, 3.63) is 65.0 Å². The van der Waals surface area contributed by atoms with E-state index in [0.717, 1.165) is 18.5 Å². The Morgan fingerprint density at radius 2 is 1.95 bits per heavy atom. The SMILES string of the molecule is CCCNC(c1ccc(OC)c(F)c1)c1ccccc1C. The molecule has 0 fully saturated rings. The van der Waals surface area contributed by atoms with Crippen LogP contribution >= 0.6 is 0 Å². The fraction of sp³-hybridized carbons (Fsp3) is 0.333. The Kier molecular flexibility index (Phi) is 5.34. The van der Waals surface area contributed by atoms with Gasteiger partial charge in [0.1, 0.15) is 0 Å². The summed E-state index contributed by atoms with van der Waals surface area (Å²) in [5.74, 6) is -0.0512. The first kappa shape index (κ1) is 15.5. The summed E-state index contributed by atoms with van der Waals surface area (Å²) in [4.78, 5) is 0. The average molecular weight is 287 g/mol. The Balaban J connectivity index is 2.40. The van der Waals surface area contributed by atoms with Gasteiger partial charge in [0, 0.05) is 0 Å². The standard InChI is InChI=1S/C18H22FNO/c1-4-11-20-18(15-8-6-5-7-13(15)2)14-9-10-17(21-3)16(19)12-14/h5-10,12,18,20H,4,11H2,1-3H3. The van der Waals surface area contributed by atoms with E-state index in [4.69, 9.17) is 4.74 Å². The van der Waals surface area contributed by atoms with Crippen LogP contribution in [0, 0.1) is 12.7 Å². The molecule has 0 aromatic heterocycles. The van der Waals surface area contributed by atoms with Crippen molar-refractivity contribution >= 4 is 0 Å². The molecule has 0 bridgehead atoms. The highest BCUT2D eigenvalue weighted by molar-refractivity contribution is 5.39. The summed E-state index contributed by atoms with van der Waals surface area (Å²) >= 11 is 0. The monoisotopic (exact) mass is 287 g/mol. The third kappa shape index (κ3) is 3.61. The highest BCUT2D eigenvalue weighted by Gasteiger charge is 2.17. The van der Waals surface area contributed by atoms with Gasteiger partial charge in [0.05, 0.1) is 13.2 Å². The van der Waals surface area contributed by atoms with E-state index < -0.39 is 0 Å². The van der Waals surface area contributed by atoms with Gasteiger partial charge in [-0.15, -0.1) is 0 Å². The Hall–Kier alpha value is -1.87. The highest BCUT2D eigenvalue weighted by Crippen LogP contribution is 2.28. The van der Waals surface area contributed by atoms with Gasteiger partial charge in [-0.2, -0.15) is 0 Å². The number of hydrogen-bond donors (Lipinski definition) is 1. The van der Waals surface area contributed by atoms with Crippen LogP contribution in [0.5, 0.6) is 5.75 Å². The van der Waals surface area contributed by atoms with E-state index in [9.17, 15) is 4.39 Å². The van der Waals surface area contributed by atoms with E-state index in [2.05, 4.69) is 31.3 Å². The molecule has 1 N–H and O–H groups in total. The molecule has 2 rings (SSSR count). The lowest BCUT2D eigenvalue weighted by atomic mass is 9.94. The largest absolute Gasteiger partial charge is 0.494 e. The predicted molar refractivity (Wildman–Crippen MR) is 84.3 cm³/mol.